The van der Waals surface area contributed by atoms with Crippen LogP contribution in [0.4, 0.5) is 4.79 Å². The molecule has 3 amide bonds. The first kappa shape index (κ1) is 16.4. The van der Waals surface area contributed by atoms with Gasteiger partial charge in [0.05, 0.1) is 11.5 Å². The number of hydrogen-bond donors (Lipinski definition) is 3. The van der Waals surface area contributed by atoms with Gasteiger partial charge in [-0.1, -0.05) is 0 Å². The topological polar surface area (TPSA) is 105 Å². The number of aliphatic carboxylic acids is 1. The van der Waals surface area contributed by atoms with Crippen molar-refractivity contribution in [2.75, 3.05) is 6.61 Å². The van der Waals surface area contributed by atoms with Gasteiger partial charge in [-0.25, -0.2) is 4.79 Å². The molecule has 7 heteroatoms. The first-order chi connectivity index (χ1) is 9.20. The van der Waals surface area contributed by atoms with E-state index in [9.17, 15) is 14.4 Å². The number of imide groups is 1. The predicted molar refractivity (Wildman–Crippen MR) is 71.1 cm³/mol. The normalized spacial score (nSPS) is 22.9. The number of carboxylic acids is 1. The second-order valence-electron chi connectivity index (χ2n) is 5.79. The zero-order valence-corrected chi connectivity index (χ0v) is 12.1. The molecule has 114 valence electrons. The Hall–Kier alpha value is -1.63. The van der Waals surface area contributed by atoms with Gasteiger partial charge in [-0.15, -0.1) is 0 Å². The van der Waals surface area contributed by atoms with E-state index in [1.165, 1.54) is 13.8 Å². The van der Waals surface area contributed by atoms with Crippen LogP contribution in [0.15, 0.2) is 0 Å². The average molecular weight is 286 g/mol. The van der Waals surface area contributed by atoms with Crippen molar-refractivity contribution in [3.63, 3.8) is 0 Å². The molecule has 1 fully saturated rings. The molecule has 0 radical (unpaired) electrons. The Kier molecular flexibility index (Phi) is 5.50. The highest BCUT2D eigenvalue weighted by Gasteiger charge is 2.31. The Balaban J connectivity index is 2.38. The monoisotopic (exact) mass is 286 g/mol. The van der Waals surface area contributed by atoms with Gasteiger partial charge in [0.2, 0.25) is 5.91 Å². The van der Waals surface area contributed by atoms with Gasteiger partial charge in [0, 0.05) is 19.1 Å². The molecule has 1 saturated heterocycles. The summed E-state index contributed by atoms with van der Waals surface area (Å²) in [7, 11) is 0. The van der Waals surface area contributed by atoms with E-state index in [4.69, 9.17) is 9.84 Å². The largest absolute Gasteiger partial charge is 0.481 e. The lowest BCUT2D eigenvalue weighted by atomic mass is 9.89. The second-order valence-corrected chi connectivity index (χ2v) is 5.79. The lowest BCUT2D eigenvalue weighted by molar-refractivity contribution is -0.149. The van der Waals surface area contributed by atoms with Gasteiger partial charge in [-0.05, 0) is 33.6 Å². The molecule has 1 heterocycles. The van der Waals surface area contributed by atoms with E-state index in [1.54, 1.807) is 0 Å². The summed E-state index contributed by atoms with van der Waals surface area (Å²) in [5.74, 6) is -1.68. The van der Waals surface area contributed by atoms with Crippen LogP contribution < -0.4 is 10.6 Å². The maximum absolute atomic E-state index is 11.7. The number of amides is 3. The van der Waals surface area contributed by atoms with Crippen molar-refractivity contribution in [1.82, 2.24) is 10.6 Å². The fourth-order valence-electron chi connectivity index (χ4n) is 2.00. The Morgan fingerprint density at radius 1 is 1.35 bits per heavy atom. The van der Waals surface area contributed by atoms with Crippen LogP contribution in [0.25, 0.3) is 0 Å². The molecule has 2 unspecified atom stereocenters. The quantitative estimate of drug-likeness (QED) is 0.711. The summed E-state index contributed by atoms with van der Waals surface area (Å²) in [6, 6.07) is -0.616. The fraction of sp³-hybridized carbons (Fsp3) is 0.769. The fourth-order valence-corrected chi connectivity index (χ4v) is 2.00. The predicted octanol–water partition coefficient (Wildman–Crippen LogP) is 0.881. The maximum Gasteiger partial charge on any atom is 0.321 e. The van der Waals surface area contributed by atoms with Crippen LogP contribution in [0, 0.1) is 5.41 Å². The van der Waals surface area contributed by atoms with Gasteiger partial charge in [0.25, 0.3) is 0 Å². The van der Waals surface area contributed by atoms with E-state index in [-0.39, 0.29) is 18.6 Å². The molecule has 0 aliphatic carbocycles. The van der Waals surface area contributed by atoms with Crippen molar-refractivity contribution in [2.24, 2.45) is 5.41 Å². The molecule has 2 atom stereocenters. The summed E-state index contributed by atoms with van der Waals surface area (Å²) in [5.41, 5.74) is -1.20. The summed E-state index contributed by atoms with van der Waals surface area (Å²) >= 11 is 0. The average Bonchev–Trinajstić information content (AvgIpc) is 2.26. The van der Waals surface area contributed by atoms with Crippen LogP contribution in [-0.2, 0) is 14.3 Å². The standard InChI is InChI=1S/C13H22N2O5/c1-8-6-9(4-5-20-8)14-12(19)15-10(16)7-13(2,3)11(17)18/h8-9H,4-7H2,1-3H3,(H,17,18)(H2,14,15,16,19). The minimum atomic E-state index is -1.20. The number of rotatable bonds is 4. The van der Waals surface area contributed by atoms with Crippen molar-refractivity contribution in [2.45, 2.75) is 52.2 Å². The van der Waals surface area contributed by atoms with E-state index in [0.29, 0.717) is 19.4 Å². The number of hydrogen-bond acceptors (Lipinski definition) is 4. The molecule has 0 bridgehead atoms. The smallest absolute Gasteiger partial charge is 0.321 e. The molecule has 20 heavy (non-hydrogen) atoms. The third-order valence-electron chi connectivity index (χ3n) is 3.25. The second kappa shape index (κ2) is 6.69. The molecule has 1 aliphatic rings. The van der Waals surface area contributed by atoms with E-state index < -0.39 is 23.3 Å². The molecule has 0 aromatic heterocycles. The van der Waals surface area contributed by atoms with Gasteiger partial charge in [0.15, 0.2) is 0 Å². The Labute approximate surface area is 118 Å². The van der Waals surface area contributed by atoms with Gasteiger partial charge in [0.1, 0.15) is 0 Å². The molecule has 7 nitrogen and oxygen atoms in total. The molecular weight excluding hydrogens is 264 g/mol. The van der Waals surface area contributed by atoms with E-state index in [2.05, 4.69) is 10.6 Å². The summed E-state index contributed by atoms with van der Waals surface area (Å²) in [4.78, 5) is 34.2. The summed E-state index contributed by atoms with van der Waals surface area (Å²) in [6.45, 7) is 5.37. The Morgan fingerprint density at radius 3 is 2.55 bits per heavy atom. The van der Waals surface area contributed by atoms with E-state index in [0.717, 1.165) is 0 Å². The summed E-state index contributed by atoms with van der Waals surface area (Å²) < 4.78 is 5.36. The zero-order chi connectivity index (χ0) is 15.3. The van der Waals surface area contributed by atoms with Gasteiger partial charge in [-0.2, -0.15) is 0 Å². The van der Waals surface area contributed by atoms with Crippen molar-refractivity contribution in [3.05, 3.63) is 0 Å². The van der Waals surface area contributed by atoms with E-state index in [1.807, 2.05) is 6.92 Å². The molecule has 0 aromatic rings. The van der Waals surface area contributed by atoms with Crippen molar-refractivity contribution in [3.8, 4) is 0 Å². The number of ether oxygens (including phenoxy) is 1. The minimum absolute atomic E-state index is 0.0287. The molecule has 0 saturated carbocycles. The SMILES string of the molecule is CC1CC(NC(=O)NC(=O)CC(C)(C)C(=O)O)CCO1. The Morgan fingerprint density at radius 2 is 2.00 bits per heavy atom. The van der Waals surface area contributed by atoms with Crippen molar-refractivity contribution >= 4 is 17.9 Å². The highest BCUT2D eigenvalue weighted by atomic mass is 16.5. The van der Waals surface area contributed by atoms with Crippen molar-refractivity contribution < 1.29 is 24.2 Å². The number of nitrogens with one attached hydrogen (secondary N) is 2. The third kappa shape index (κ3) is 5.16. The first-order valence-corrected chi connectivity index (χ1v) is 6.66. The Bertz CT molecular complexity index is 394. The molecule has 0 spiro atoms. The number of carbonyl (C=O) groups is 3. The number of carbonyl (C=O) groups excluding carboxylic acids is 2. The summed E-state index contributed by atoms with van der Waals surface area (Å²) in [5, 5.41) is 13.8. The third-order valence-corrected chi connectivity index (χ3v) is 3.25. The lowest BCUT2D eigenvalue weighted by Crippen LogP contribution is -2.48. The van der Waals surface area contributed by atoms with Gasteiger partial charge >= 0.3 is 12.0 Å². The lowest BCUT2D eigenvalue weighted by Gasteiger charge is -2.28. The number of urea groups is 1. The maximum atomic E-state index is 11.7. The van der Waals surface area contributed by atoms with Crippen LogP contribution in [0.2, 0.25) is 0 Å². The molecule has 3 N–H and O–H groups in total. The van der Waals surface area contributed by atoms with Crippen LogP contribution in [0.1, 0.15) is 40.0 Å². The minimum Gasteiger partial charge on any atom is -0.481 e. The van der Waals surface area contributed by atoms with Crippen molar-refractivity contribution in [1.29, 1.82) is 0 Å². The van der Waals surface area contributed by atoms with Crippen LogP contribution in [-0.4, -0.2) is 41.8 Å². The van der Waals surface area contributed by atoms with Gasteiger partial charge < -0.3 is 15.2 Å². The molecular formula is C13H22N2O5. The van der Waals surface area contributed by atoms with Gasteiger partial charge in [-0.3, -0.25) is 14.9 Å². The van der Waals surface area contributed by atoms with E-state index >= 15 is 0 Å². The molecule has 1 aliphatic heterocycles. The molecule has 0 aromatic carbocycles. The summed E-state index contributed by atoms with van der Waals surface area (Å²) in [6.07, 6.45) is 1.23. The molecule has 1 rings (SSSR count). The zero-order valence-electron chi connectivity index (χ0n) is 12.1. The number of carboxylic acid groups (broad SMARTS) is 1. The van der Waals surface area contributed by atoms with Crippen LogP contribution in [0.5, 0.6) is 0 Å². The van der Waals surface area contributed by atoms with Crippen LogP contribution >= 0.6 is 0 Å². The van der Waals surface area contributed by atoms with Crippen LogP contribution in [0.3, 0.4) is 0 Å². The first-order valence-electron chi connectivity index (χ1n) is 6.66. The highest BCUT2D eigenvalue weighted by molar-refractivity contribution is 5.96. The highest BCUT2D eigenvalue weighted by Crippen LogP contribution is 2.20.